The van der Waals surface area contributed by atoms with Crippen LogP contribution in [0, 0.1) is 5.92 Å². The van der Waals surface area contributed by atoms with Crippen LogP contribution >= 0.6 is 0 Å². The second-order valence-corrected chi connectivity index (χ2v) is 6.57. The maximum Gasteiger partial charge on any atom is 0.277 e. The number of carbonyl (C=O) groups is 1. The molecule has 8 nitrogen and oxygen atoms in total. The number of nitrogens with two attached hydrogens (primary N) is 1. The zero-order valence-electron chi connectivity index (χ0n) is 14.4. The topological polar surface area (TPSA) is 114 Å². The summed E-state index contributed by atoms with van der Waals surface area (Å²) in [4.78, 5) is 34.0. The van der Waals surface area contributed by atoms with Gasteiger partial charge in [0.15, 0.2) is 0 Å². The van der Waals surface area contributed by atoms with Gasteiger partial charge in [-0.25, -0.2) is 4.98 Å². The number of rotatable bonds is 4. The maximum atomic E-state index is 12.3. The molecule has 3 N–H and O–H groups in total. The standard InChI is InChI=1S/C16H25N5O3/c1-11(2)14(22)20-6-4-16(24,5-7-20)9-21-10-19-12(8-18-3)13(17)15(21)23/h8,10-11,24H,4-7,9,17H2,1-3H3. The summed E-state index contributed by atoms with van der Waals surface area (Å²) in [6.07, 6.45) is 3.62. The highest BCUT2D eigenvalue weighted by atomic mass is 16.3. The summed E-state index contributed by atoms with van der Waals surface area (Å²) in [5.41, 5.74) is 4.68. The van der Waals surface area contributed by atoms with Gasteiger partial charge in [0.25, 0.3) is 5.56 Å². The molecule has 0 unspecified atom stereocenters. The van der Waals surface area contributed by atoms with Crippen molar-refractivity contribution in [1.82, 2.24) is 14.5 Å². The first-order valence-electron chi connectivity index (χ1n) is 8.05. The molecule has 0 aliphatic carbocycles. The highest BCUT2D eigenvalue weighted by Crippen LogP contribution is 2.24. The fourth-order valence-electron chi connectivity index (χ4n) is 2.84. The molecule has 0 saturated carbocycles. The Labute approximate surface area is 141 Å². The molecular formula is C16H25N5O3. The first kappa shape index (κ1) is 18.1. The van der Waals surface area contributed by atoms with Crippen molar-refractivity contribution in [2.45, 2.75) is 38.8 Å². The van der Waals surface area contributed by atoms with E-state index >= 15 is 0 Å². The van der Waals surface area contributed by atoms with Gasteiger partial charge in [-0.15, -0.1) is 0 Å². The van der Waals surface area contributed by atoms with Crippen molar-refractivity contribution in [2.24, 2.45) is 10.9 Å². The van der Waals surface area contributed by atoms with Crippen LogP contribution in [-0.2, 0) is 11.3 Å². The molecule has 1 aromatic rings. The van der Waals surface area contributed by atoms with Crippen molar-refractivity contribution >= 4 is 17.8 Å². The van der Waals surface area contributed by atoms with Gasteiger partial charge in [-0.05, 0) is 12.8 Å². The minimum Gasteiger partial charge on any atom is -0.392 e. The number of nitrogens with zero attached hydrogens (tertiary/aromatic N) is 4. The van der Waals surface area contributed by atoms with E-state index in [1.165, 1.54) is 17.1 Å². The summed E-state index contributed by atoms with van der Waals surface area (Å²) in [7, 11) is 1.57. The lowest BCUT2D eigenvalue weighted by Crippen LogP contribution is -2.50. The molecule has 0 radical (unpaired) electrons. The molecule has 2 heterocycles. The molecule has 1 aliphatic heterocycles. The number of hydrogen-bond donors (Lipinski definition) is 2. The SMILES string of the molecule is CN=Cc1ncn(CC2(O)CCN(C(=O)C(C)C)CC2)c(=O)c1N. The Kier molecular flexibility index (Phi) is 5.38. The van der Waals surface area contributed by atoms with Crippen molar-refractivity contribution in [3.63, 3.8) is 0 Å². The summed E-state index contributed by atoms with van der Waals surface area (Å²) in [6, 6.07) is 0. The summed E-state index contributed by atoms with van der Waals surface area (Å²) < 4.78 is 1.32. The molecule has 132 valence electrons. The van der Waals surface area contributed by atoms with Crippen molar-refractivity contribution in [1.29, 1.82) is 0 Å². The third kappa shape index (κ3) is 3.81. The average Bonchev–Trinajstić information content (AvgIpc) is 2.54. The first-order valence-corrected chi connectivity index (χ1v) is 8.05. The van der Waals surface area contributed by atoms with Crippen LogP contribution in [0.5, 0.6) is 0 Å². The highest BCUT2D eigenvalue weighted by Gasteiger charge is 2.35. The number of hydrogen-bond acceptors (Lipinski definition) is 6. The lowest BCUT2D eigenvalue weighted by atomic mass is 9.90. The van der Waals surface area contributed by atoms with Gasteiger partial charge in [-0.1, -0.05) is 13.8 Å². The van der Waals surface area contributed by atoms with E-state index in [1.54, 1.807) is 11.9 Å². The summed E-state index contributed by atoms with van der Waals surface area (Å²) in [5, 5.41) is 10.8. The Hall–Kier alpha value is -2.22. The molecule has 0 aromatic carbocycles. The van der Waals surface area contributed by atoms with E-state index in [0.717, 1.165) is 0 Å². The lowest BCUT2D eigenvalue weighted by molar-refractivity contribution is -0.139. The van der Waals surface area contributed by atoms with Crippen LogP contribution in [0.4, 0.5) is 5.69 Å². The number of anilines is 1. The summed E-state index contributed by atoms with van der Waals surface area (Å²) >= 11 is 0. The molecule has 1 fully saturated rings. The van der Waals surface area contributed by atoms with Crippen LogP contribution in [0.25, 0.3) is 0 Å². The van der Waals surface area contributed by atoms with Crippen molar-refractivity contribution in [2.75, 3.05) is 25.9 Å². The molecule has 1 aliphatic rings. The number of aromatic nitrogens is 2. The first-order chi connectivity index (χ1) is 11.3. The fraction of sp³-hybridized carbons (Fsp3) is 0.625. The monoisotopic (exact) mass is 335 g/mol. The number of amides is 1. The van der Waals surface area contributed by atoms with Gasteiger partial charge in [0.1, 0.15) is 11.4 Å². The van der Waals surface area contributed by atoms with Gasteiger partial charge >= 0.3 is 0 Å². The Morgan fingerprint density at radius 2 is 2.12 bits per heavy atom. The molecule has 0 atom stereocenters. The number of aliphatic imine (C=N–C) groups is 1. The molecular weight excluding hydrogens is 310 g/mol. The van der Waals surface area contributed by atoms with Gasteiger partial charge in [-0.2, -0.15) is 0 Å². The predicted octanol–water partition coefficient (Wildman–Crippen LogP) is -0.116. The average molecular weight is 335 g/mol. The maximum absolute atomic E-state index is 12.3. The third-order valence-electron chi connectivity index (χ3n) is 4.32. The molecule has 8 heteroatoms. The van der Waals surface area contributed by atoms with Crippen molar-refractivity contribution < 1.29 is 9.90 Å². The van der Waals surface area contributed by atoms with E-state index in [9.17, 15) is 14.7 Å². The molecule has 2 rings (SSSR count). The Balaban J connectivity index is 2.11. The zero-order chi connectivity index (χ0) is 17.9. The van der Waals surface area contributed by atoms with Crippen LogP contribution in [0.15, 0.2) is 16.1 Å². The minimum absolute atomic E-state index is 0.0131. The Morgan fingerprint density at radius 1 is 1.50 bits per heavy atom. The quantitative estimate of drug-likeness (QED) is 0.745. The van der Waals surface area contributed by atoms with Crippen LogP contribution < -0.4 is 11.3 Å². The smallest absolute Gasteiger partial charge is 0.277 e. The van der Waals surface area contributed by atoms with E-state index in [-0.39, 0.29) is 24.1 Å². The molecule has 24 heavy (non-hydrogen) atoms. The zero-order valence-corrected chi connectivity index (χ0v) is 14.4. The number of nitrogen functional groups attached to an aromatic ring is 1. The van der Waals surface area contributed by atoms with Gasteiger partial charge in [0, 0.05) is 32.3 Å². The number of piperidine rings is 1. The second kappa shape index (κ2) is 7.12. The lowest BCUT2D eigenvalue weighted by Gasteiger charge is -2.39. The van der Waals surface area contributed by atoms with Gasteiger partial charge in [-0.3, -0.25) is 19.1 Å². The van der Waals surface area contributed by atoms with Crippen LogP contribution in [0.3, 0.4) is 0 Å². The van der Waals surface area contributed by atoms with Crippen LogP contribution in [0.1, 0.15) is 32.4 Å². The summed E-state index contributed by atoms with van der Waals surface area (Å²) in [5.74, 6) is 0.0268. The van der Waals surface area contributed by atoms with E-state index < -0.39 is 11.2 Å². The van der Waals surface area contributed by atoms with E-state index in [4.69, 9.17) is 5.73 Å². The van der Waals surface area contributed by atoms with Crippen LogP contribution in [-0.4, -0.2) is 57.4 Å². The second-order valence-electron chi connectivity index (χ2n) is 6.57. The summed E-state index contributed by atoms with van der Waals surface area (Å²) in [6.45, 7) is 4.78. The van der Waals surface area contributed by atoms with Gasteiger partial charge < -0.3 is 15.7 Å². The minimum atomic E-state index is -1.05. The fourth-order valence-corrected chi connectivity index (χ4v) is 2.84. The van der Waals surface area contributed by atoms with Crippen molar-refractivity contribution in [3.05, 3.63) is 22.4 Å². The predicted molar refractivity (Wildman–Crippen MR) is 92.0 cm³/mol. The molecule has 1 saturated heterocycles. The van der Waals surface area contributed by atoms with Gasteiger partial charge in [0.2, 0.25) is 5.91 Å². The Bertz CT molecular complexity index is 687. The van der Waals surface area contributed by atoms with E-state index in [1.807, 2.05) is 13.8 Å². The molecule has 1 aromatic heterocycles. The van der Waals surface area contributed by atoms with Crippen molar-refractivity contribution in [3.8, 4) is 0 Å². The van der Waals surface area contributed by atoms with E-state index in [2.05, 4.69) is 9.98 Å². The number of carbonyl (C=O) groups excluding carboxylic acids is 1. The largest absolute Gasteiger partial charge is 0.392 e. The highest BCUT2D eigenvalue weighted by molar-refractivity contribution is 5.83. The molecule has 1 amide bonds. The molecule has 0 bridgehead atoms. The molecule has 0 spiro atoms. The van der Waals surface area contributed by atoms with E-state index in [0.29, 0.717) is 31.6 Å². The number of aliphatic hydroxyl groups is 1. The normalized spacial score (nSPS) is 17.6. The van der Waals surface area contributed by atoms with Crippen LogP contribution in [0.2, 0.25) is 0 Å². The third-order valence-corrected chi connectivity index (χ3v) is 4.32. The number of likely N-dealkylation sites (tertiary alicyclic amines) is 1. The van der Waals surface area contributed by atoms with Gasteiger partial charge in [0.05, 0.1) is 18.5 Å². The Morgan fingerprint density at radius 3 is 2.67 bits per heavy atom.